The molecule has 0 aromatic heterocycles. The topological polar surface area (TPSA) is 29.5 Å². The zero-order valence-corrected chi connectivity index (χ0v) is 12.3. The monoisotopic (exact) mass is 261 g/mol. The van der Waals surface area contributed by atoms with Crippen LogP contribution in [0, 0.1) is 5.92 Å². The molecule has 1 heterocycles. The van der Waals surface area contributed by atoms with Crippen molar-refractivity contribution in [3.8, 4) is 0 Å². The van der Waals surface area contributed by atoms with Crippen LogP contribution in [0.2, 0.25) is 0 Å². The number of rotatable bonds is 3. The average molecular weight is 261 g/mol. The van der Waals surface area contributed by atoms with Gasteiger partial charge in [-0.3, -0.25) is 4.79 Å². The zero-order valence-electron chi connectivity index (χ0n) is 12.3. The van der Waals surface area contributed by atoms with Crippen LogP contribution in [0.3, 0.4) is 0 Å². The molecule has 0 saturated carbocycles. The predicted octanol–water partition coefficient (Wildman–Crippen LogP) is 3.03. The number of para-hydroxylation sites is 1. The minimum atomic E-state index is -0.196. The van der Waals surface area contributed by atoms with Crippen LogP contribution in [0.1, 0.15) is 32.8 Å². The van der Waals surface area contributed by atoms with Crippen LogP contribution in [-0.2, 0) is 16.0 Å². The fourth-order valence-electron chi connectivity index (χ4n) is 3.14. The Bertz CT molecular complexity index is 468. The number of esters is 1. The third-order valence-electron chi connectivity index (χ3n) is 4.34. The maximum absolute atomic E-state index is 11.9. The third-order valence-corrected chi connectivity index (χ3v) is 4.34. The molecule has 19 heavy (non-hydrogen) atoms. The number of benzene rings is 1. The van der Waals surface area contributed by atoms with Gasteiger partial charge < -0.3 is 9.64 Å². The van der Waals surface area contributed by atoms with Crippen LogP contribution >= 0.6 is 0 Å². The van der Waals surface area contributed by atoms with Gasteiger partial charge in [-0.15, -0.1) is 0 Å². The SMILES string of the molecule is CCc1ccccc1N1CCC(C(=O)OC)C1(C)C. The molecule has 1 aromatic rings. The molecule has 1 atom stereocenters. The van der Waals surface area contributed by atoms with E-state index in [2.05, 4.69) is 49.9 Å². The summed E-state index contributed by atoms with van der Waals surface area (Å²) in [4.78, 5) is 14.3. The first-order valence-corrected chi connectivity index (χ1v) is 6.95. The van der Waals surface area contributed by atoms with Crippen molar-refractivity contribution < 1.29 is 9.53 Å². The van der Waals surface area contributed by atoms with Crippen molar-refractivity contribution in [3.05, 3.63) is 29.8 Å². The van der Waals surface area contributed by atoms with Crippen LogP contribution in [0.4, 0.5) is 5.69 Å². The summed E-state index contributed by atoms with van der Waals surface area (Å²) in [5, 5.41) is 0. The highest BCUT2D eigenvalue weighted by molar-refractivity contribution is 5.76. The van der Waals surface area contributed by atoms with E-state index in [9.17, 15) is 4.79 Å². The number of hydrogen-bond donors (Lipinski definition) is 0. The molecule has 1 fully saturated rings. The molecule has 1 aliphatic rings. The van der Waals surface area contributed by atoms with Gasteiger partial charge in [-0.05, 0) is 38.3 Å². The molecule has 0 amide bonds. The number of anilines is 1. The van der Waals surface area contributed by atoms with Crippen molar-refractivity contribution in [3.63, 3.8) is 0 Å². The van der Waals surface area contributed by atoms with Gasteiger partial charge >= 0.3 is 5.97 Å². The first kappa shape index (κ1) is 13.9. The van der Waals surface area contributed by atoms with Crippen LogP contribution in [0.5, 0.6) is 0 Å². The summed E-state index contributed by atoms with van der Waals surface area (Å²) in [5.41, 5.74) is 2.39. The molecule has 3 nitrogen and oxygen atoms in total. The molecule has 1 unspecified atom stereocenters. The molecule has 2 rings (SSSR count). The van der Waals surface area contributed by atoms with E-state index in [1.165, 1.54) is 18.4 Å². The van der Waals surface area contributed by atoms with Crippen LogP contribution < -0.4 is 4.90 Å². The average Bonchev–Trinajstić information content (AvgIpc) is 2.73. The van der Waals surface area contributed by atoms with Gasteiger partial charge in [0.2, 0.25) is 0 Å². The summed E-state index contributed by atoms with van der Waals surface area (Å²) < 4.78 is 4.94. The van der Waals surface area contributed by atoms with Gasteiger partial charge in [0.1, 0.15) is 0 Å². The number of ether oxygens (including phenoxy) is 1. The minimum absolute atomic E-state index is 0.0533. The summed E-state index contributed by atoms with van der Waals surface area (Å²) in [6.45, 7) is 7.34. The van der Waals surface area contributed by atoms with Crippen molar-refractivity contribution in [2.24, 2.45) is 5.92 Å². The molecule has 0 N–H and O–H groups in total. The van der Waals surface area contributed by atoms with Gasteiger partial charge in [0.15, 0.2) is 0 Å². The van der Waals surface area contributed by atoms with Crippen molar-refractivity contribution >= 4 is 11.7 Å². The summed E-state index contributed by atoms with van der Waals surface area (Å²) in [6, 6.07) is 8.45. The Hall–Kier alpha value is -1.51. The Kier molecular flexibility index (Phi) is 3.83. The van der Waals surface area contributed by atoms with E-state index in [4.69, 9.17) is 4.74 Å². The Labute approximate surface area is 115 Å². The smallest absolute Gasteiger partial charge is 0.311 e. The zero-order chi connectivity index (χ0) is 14.0. The number of aryl methyl sites for hydroxylation is 1. The fourth-order valence-corrected chi connectivity index (χ4v) is 3.14. The largest absolute Gasteiger partial charge is 0.469 e. The molecule has 3 heteroatoms. The van der Waals surface area contributed by atoms with Gasteiger partial charge in [-0.2, -0.15) is 0 Å². The lowest BCUT2D eigenvalue weighted by atomic mass is 9.88. The quantitative estimate of drug-likeness (QED) is 0.783. The Morgan fingerprint density at radius 2 is 2.11 bits per heavy atom. The normalized spacial score (nSPS) is 21.5. The minimum Gasteiger partial charge on any atom is -0.469 e. The van der Waals surface area contributed by atoms with E-state index in [1.807, 2.05) is 0 Å². The second-order valence-corrected chi connectivity index (χ2v) is 5.65. The van der Waals surface area contributed by atoms with Gasteiger partial charge in [0.05, 0.1) is 13.0 Å². The van der Waals surface area contributed by atoms with Gasteiger partial charge in [-0.1, -0.05) is 25.1 Å². The molecule has 0 aliphatic carbocycles. The number of nitrogens with zero attached hydrogens (tertiary/aromatic N) is 1. The molecule has 0 bridgehead atoms. The highest BCUT2D eigenvalue weighted by atomic mass is 16.5. The van der Waals surface area contributed by atoms with E-state index < -0.39 is 0 Å². The molecule has 1 saturated heterocycles. The molecular weight excluding hydrogens is 238 g/mol. The van der Waals surface area contributed by atoms with Gasteiger partial charge in [0.25, 0.3) is 0 Å². The molecule has 1 aromatic carbocycles. The lowest BCUT2D eigenvalue weighted by Gasteiger charge is -2.37. The maximum atomic E-state index is 11.9. The third kappa shape index (κ3) is 2.34. The lowest BCUT2D eigenvalue weighted by Crippen LogP contribution is -2.45. The Morgan fingerprint density at radius 1 is 1.42 bits per heavy atom. The molecule has 0 radical (unpaired) electrons. The van der Waals surface area contributed by atoms with Gasteiger partial charge in [0, 0.05) is 17.8 Å². The van der Waals surface area contributed by atoms with E-state index in [1.54, 1.807) is 0 Å². The number of carbonyl (C=O) groups is 1. The predicted molar refractivity (Wildman–Crippen MR) is 77.4 cm³/mol. The van der Waals surface area contributed by atoms with Crippen LogP contribution in [0.15, 0.2) is 24.3 Å². The van der Waals surface area contributed by atoms with E-state index >= 15 is 0 Å². The van der Waals surface area contributed by atoms with Crippen molar-refractivity contribution in [2.45, 2.75) is 39.2 Å². The number of hydrogen-bond acceptors (Lipinski definition) is 3. The standard InChI is InChI=1S/C16H23NO2/c1-5-12-8-6-7-9-14(12)17-11-10-13(15(18)19-4)16(17,2)3/h6-9,13H,5,10-11H2,1-4H3. The second kappa shape index (κ2) is 5.24. The van der Waals surface area contributed by atoms with E-state index in [0.29, 0.717) is 0 Å². The second-order valence-electron chi connectivity index (χ2n) is 5.65. The number of methoxy groups -OCH3 is 1. The molecule has 104 valence electrons. The molecule has 0 spiro atoms. The highest BCUT2D eigenvalue weighted by Gasteiger charge is 2.46. The Morgan fingerprint density at radius 3 is 2.74 bits per heavy atom. The van der Waals surface area contributed by atoms with Crippen molar-refractivity contribution in [1.29, 1.82) is 0 Å². The van der Waals surface area contributed by atoms with E-state index in [0.717, 1.165) is 19.4 Å². The summed E-state index contributed by atoms with van der Waals surface area (Å²) >= 11 is 0. The highest BCUT2D eigenvalue weighted by Crippen LogP contribution is 2.40. The summed E-state index contributed by atoms with van der Waals surface area (Å²) in [6.07, 6.45) is 1.86. The first-order chi connectivity index (χ1) is 9.02. The van der Waals surface area contributed by atoms with Crippen LogP contribution in [0.25, 0.3) is 0 Å². The molecule has 1 aliphatic heterocycles. The number of carbonyl (C=O) groups excluding carboxylic acids is 1. The first-order valence-electron chi connectivity index (χ1n) is 6.95. The maximum Gasteiger partial charge on any atom is 0.311 e. The fraction of sp³-hybridized carbons (Fsp3) is 0.562. The van der Waals surface area contributed by atoms with Crippen molar-refractivity contribution in [1.82, 2.24) is 0 Å². The van der Waals surface area contributed by atoms with Gasteiger partial charge in [-0.25, -0.2) is 0 Å². The lowest BCUT2D eigenvalue weighted by molar-refractivity contribution is -0.146. The Balaban J connectivity index is 2.34. The summed E-state index contributed by atoms with van der Waals surface area (Å²) in [7, 11) is 1.47. The van der Waals surface area contributed by atoms with Crippen molar-refractivity contribution in [2.75, 3.05) is 18.6 Å². The summed E-state index contributed by atoms with van der Waals surface area (Å²) in [5.74, 6) is -0.149. The molecular formula is C16H23NO2. The van der Waals surface area contributed by atoms with E-state index in [-0.39, 0.29) is 17.4 Å². The van der Waals surface area contributed by atoms with Crippen LogP contribution in [-0.4, -0.2) is 25.2 Å².